The van der Waals surface area contributed by atoms with E-state index in [1.165, 1.54) is 60.1 Å². The summed E-state index contributed by atoms with van der Waals surface area (Å²) in [4.78, 5) is 55.4. The van der Waals surface area contributed by atoms with Gasteiger partial charge in [-0.2, -0.15) is 0 Å². The average molecular weight is 411 g/mol. The quantitative estimate of drug-likeness (QED) is 0.685. The number of carbonyl (C=O) groups is 2. The molecule has 0 aliphatic carbocycles. The number of hydrogen-bond donors (Lipinski definition) is 1. The third-order valence-corrected chi connectivity index (χ3v) is 5.23. The highest BCUT2D eigenvalue weighted by Crippen LogP contribution is 2.27. The highest BCUT2D eigenvalue weighted by atomic mass is 19.1. The van der Waals surface area contributed by atoms with Crippen LogP contribution in [0.1, 0.15) is 6.42 Å². The Morgan fingerprint density at radius 2 is 1.80 bits per heavy atom. The molecule has 1 aromatic carbocycles. The number of fused-ring (bicyclic) bond motifs is 1. The molecule has 0 bridgehead atoms. The van der Waals surface area contributed by atoms with Crippen LogP contribution in [0.25, 0.3) is 11.0 Å². The number of aryl methyl sites for hydroxylation is 1. The summed E-state index contributed by atoms with van der Waals surface area (Å²) in [6.45, 7) is 0.135. The minimum absolute atomic E-state index is 0.0112. The second kappa shape index (κ2) is 7.21. The van der Waals surface area contributed by atoms with Crippen LogP contribution in [0.5, 0.6) is 0 Å². The van der Waals surface area contributed by atoms with E-state index in [1.807, 2.05) is 0 Å². The summed E-state index contributed by atoms with van der Waals surface area (Å²) < 4.78 is 15.3. The predicted octanol–water partition coefficient (Wildman–Crippen LogP) is 0.763. The zero-order valence-electron chi connectivity index (χ0n) is 16.3. The molecule has 154 valence electrons. The molecule has 10 heteroatoms. The smallest absolute Gasteiger partial charge is 0.325 e. The Balaban J connectivity index is 1.63. The van der Waals surface area contributed by atoms with Gasteiger partial charge in [-0.3, -0.25) is 23.5 Å². The molecule has 1 saturated heterocycles. The molecule has 1 N–H and O–H groups in total. The van der Waals surface area contributed by atoms with Gasteiger partial charge in [0, 0.05) is 38.9 Å². The molecule has 3 aromatic rings. The van der Waals surface area contributed by atoms with Gasteiger partial charge in [0.1, 0.15) is 11.2 Å². The van der Waals surface area contributed by atoms with Crippen LogP contribution in [0.3, 0.4) is 0 Å². The van der Waals surface area contributed by atoms with Gasteiger partial charge >= 0.3 is 5.69 Å². The van der Waals surface area contributed by atoms with Crippen molar-refractivity contribution in [3.8, 4) is 0 Å². The molecule has 30 heavy (non-hydrogen) atoms. The number of amides is 2. The number of aromatic nitrogens is 3. The van der Waals surface area contributed by atoms with Gasteiger partial charge in [-0.15, -0.1) is 0 Å². The molecular weight excluding hydrogens is 393 g/mol. The van der Waals surface area contributed by atoms with E-state index in [2.05, 4.69) is 10.3 Å². The number of anilines is 2. The van der Waals surface area contributed by atoms with Crippen molar-refractivity contribution in [2.75, 3.05) is 16.8 Å². The third-order valence-electron chi connectivity index (χ3n) is 5.23. The zero-order chi connectivity index (χ0) is 21.6. The van der Waals surface area contributed by atoms with Gasteiger partial charge in [0.25, 0.3) is 5.56 Å². The van der Waals surface area contributed by atoms with E-state index in [0.717, 1.165) is 4.57 Å². The number of nitrogens with zero attached hydrogens (tertiary/aromatic N) is 4. The number of rotatable bonds is 3. The molecule has 2 aromatic heterocycles. The number of benzene rings is 1. The number of hydrogen-bond acceptors (Lipinski definition) is 5. The third kappa shape index (κ3) is 3.15. The minimum Gasteiger partial charge on any atom is -0.325 e. The van der Waals surface area contributed by atoms with Gasteiger partial charge in [-0.05, 0) is 30.3 Å². The van der Waals surface area contributed by atoms with E-state index in [4.69, 9.17) is 0 Å². The first-order valence-electron chi connectivity index (χ1n) is 9.19. The Labute approximate surface area is 169 Å². The highest BCUT2D eigenvalue weighted by molar-refractivity contribution is 6.06. The number of halogens is 1. The van der Waals surface area contributed by atoms with Crippen molar-refractivity contribution in [3.05, 3.63) is 63.2 Å². The van der Waals surface area contributed by atoms with E-state index in [0.29, 0.717) is 5.69 Å². The van der Waals surface area contributed by atoms with Gasteiger partial charge in [0.2, 0.25) is 11.8 Å². The first-order valence-corrected chi connectivity index (χ1v) is 9.19. The summed E-state index contributed by atoms with van der Waals surface area (Å²) in [6.07, 6.45) is 1.38. The Hall–Kier alpha value is -3.82. The Morgan fingerprint density at radius 1 is 1.10 bits per heavy atom. The van der Waals surface area contributed by atoms with Crippen molar-refractivity contribution in [1.29, 1.82) is 0 Å². The summed E-state index contributed by atoms with van der Waals surface area (Å²) in [5.41, 5.74) is -0.230. The fraction of sp³-hybridized carbons (Fsp3) is 0.250. The lowest BCUT2D eigenvalue weighted by Gasteiger charge is -2.17. The van der Waals surface area contributed by atoms with Gasteiger partial charge in [-0.1, -0.05) is 0 Å². The van der Waals surface area contributed by atoms with Crippen LogP contribution in [0.4, 0.5) is 15.8 Å². The summed E-state index contributed by atoms with van der Waals surface area (Å²) in [6, 6.07) is 6.93. The first kappa shape index (κ1) is 19.5. The lowest BCUT2D eigenvalue weighted by molar-refractivity contribution is -0.122. The zero-order valence-corrected chi connectivity index (χ0v) is 16.3. The van der Waals surface area contributed by atoms with Crippen molar-refractivity contribution in [1.82, 2.24) is 14.1 Å². The van der Waals surface area contributed by atoms with Gasteiger partial charge in [-0.25, -0.2) is 14.2 Å². The van der Waals surface area contributed by atoms with Crippen LogP contribution in [0.2, 0.25) is 0 Å². The molecular formula is C20H18FN5O4. The Morgan fingerprint density at radius 3 is 2.50 bits per heavy atom. The predicted molar refractivity (Wildman–Crippen MR) is 108 cm³/mol. The second-order valence-corrected chi connectivity index (χ2v) is 7.13. The summed E-state index contributed by atoms with van der Waals surface area (Å²) in [7, 11) is 2.83. The van der Waals surface area contributed by atoms with Crippen molar-refractivity contribution in [2.24, 2.45) is 20.0 Å². The molecule has 1 unspecified atom stereocenters. The van der Waals surface area contributed by atoms with Crippen molar-refractivity contribution < 1.29 is 14.0 Å². The molecule has 0 radical (unpaired) electrons. The van der Waals surface area contributed by atoms with Crippen LogP contribution in [0, 0.1) is 11.7 Å². The molecule has 0 saturated carbocycles. The largest absolute Gasteiger partial charge is 0.332 e. The Bertz CT molecular complexity index is 1300. The summed E-state index contributed by atoms with van der Waals surface area (Å²) in [5.74, 6) is -1.75. The molecule has 1 fully saturated rings. The van der Waals surface area contributed by atoms with Crippen LogP contribution in [-0.2, 0) is 23.7 Å². The average Bonchev–Trinajstić information content (AvgIpc) is 3.13. The molecule has 9 nitrogen and oxygen atoms in total. The fourth-order valence-electron chi connectivity index (χ4n) is 3.58. The van der Waals surface area contributed by atoms with E-state index in [-0.39, 0.29) is 35.6 Å². The van der Waals surface area contributed by atoms with E-state index >= 15 is 0 Å². The van der Waals surface area contributed by atoms with Crippen LogP contribution in [-0.4, -0.2) is 32.5 Å². The van der Waals surface area contributed by atoms with Crippen LogP contribution in [0.15, 0.2) is 46.1 Å². The lowest BCUT2D eigenvalue weighted by Crippen LogP contribution is -2.38. The molecule has 3 heterocycles. The first-order chi connectivity index (χ1) is 14.3. The molecule has 0 spiro atoms. The molecule has 1 aliphatic heterocycles. The molecule has 4 rings (SSSR count). The maximum Gasteiger partial charge on any atom is 0.332 e. The van der Waals surface area contributed by atoms with E-state index < -0.39 is 28.9 Å². The second-order valence-electron chi connectivity index (χ2n) is 7.13. The van der Waals surface area contributed by atoms with Crippen LogP contribution < -0.4 is 21.5 Å². The maximum absolute atomic E-state index is 13.1. The van der Waals surface area contributed by atoms with Crippen molar-refractivity contribution >= 4 is 34.2 Å². The molecule has 2 amide bonds. The van der Waals surface area contributed by atoms with E-state index in [1.54, 1.807) is 0 Å². The van der Waals surface area contributed by atoms with Gasteiger partial charge < -0.3 is 10.2 Å². The topological polar surface area (TPSA) is 106 Å². The maximum atomic E-state index is 13.1. The van der Waals surface area contributed by atoms with Crippen molar-refractivity contribution in [2.45, 2.75) is 6.42 Å². The van der Waals surface area contributed by atoms with Gasteiger partial charge in [0.15, 0.2) is 5.65 Å². The number of nitrogens with one attached hydrogen (secondary N) is 1. The lowest BCUT2D eigenvalue weighted by atomic mass is 10.1. The molecule has 1 aliphatic rings. The van der Waals surface area contributed by atoms with Crippen molar-refractivity contribution in [3.63, 3.8) is 0 Å². The summed E-state index contributed by atoms with van der Waals surface area (Å²) >= 11 is 0. The van der Waals surface area contributed by atoms with E-state index in [9.17, 15) is 23.6 Å². The fourth-order valence-corrected chi connectivity index (χ4v) is 3.58. The standard InChI is InChI=1S/C20H18FN5O4/c1-24-17-16(19(29)25(2)20(24)30)14(7-8-22-17)23-18(28)11-9-15(27)26(10-11)13-5-3-12(21)4-6-13/h3-8,11H,9-10H2,1-2H3,(H,22,23,28). The SMILES string of the molecule is Cn1c(=O)c2c(NC(=O)C3CC(=O)N(c4ccc(F)cc4)C3)ccnc2n(C)c1=O. The minimum atomic E-state index is -0.651. The number of carbonyl (C=O) groups excluding carboxylic acids is 2. The monoisotopic (exact) mass is 411 g/mol. The highest BCUT2D eigenvalue weighted by Gasteiger charge is 2.35. The normalized spacial score (nSPS) is 16.3. The molecule has 1 atom stereocenters. The van der Waals surface area contributed by atoms with Crippen LogP contribution >= 0.6 is 0 Å². The van der Waals surface area contributed by atoms with Gasteiger partial charge in [0.05, 0.1) is 11.6 Å². The number of pyridine rings is 1. The Kier molecular flexibility index (Phi) is 4.69. The summed E-state index contributed by atoms with van der Waals surface area (Å²) in [5, 5.41) is 2.80.